The zero-order valence-electron chi connectivity index (χ0n) is 11.2. The van der Waals surface area contributed by atoms with Crippen LogP contribution in [-0.4, -0.2) is 30.6 Å². The topological polar surface area (TPSA) is 15.3 Å². The number of piperidine rings is 1. The van der Waals surface area contributed by atoms with Crippen molar-refractivity contribution in [2.45, 2.75) is 38.8 Å². The van der Waals surface area contributed by atoms with Crippen LogP contribution in [0.5, 0.6) is 0 Å². The first kappa shape index (κ1) is 13.9. The second-order valence-corrected chi connectivity index (χ2v) is 5.51. The highest BCUT2D eigenvalue weighted by Crippen LogP contribution is 2.17. The molecule has 1 saturated heterocycles. The first-order valence-corrected chi connectivity index (χ1v) is 7.36. The number of rotatable bonds is 5. The summed E-state index contributed by atoms with van der Waals surface area (Å²) >= 11 is 5.94. The van der Waals surface area contributed by atoms with Crippen molar-refractivity contribution in [3.63, 3.8) is 0 Å². The lowest BCUT2D eigenvalue weighted by Crippen LogP contribution is -2.43. The van der Waals surface area contributed by atoms with E-state index < -0.39 is 0 Å². The number of hydrogen-bond donors (Lipinski definition) is 1. The average molecular weight is 267 g/mol. The molecule has 1 aliphatic heterocycles. The lowest BCUT2D eigenvalue weighted by molar-refractivity contribution is 0.154. The second kappa shape index (κ2) is 7.13. The normalized spacial score (nSPS) is 17.3. The zero-order chi connectivity index (χ0) is 12.8. The van der Waals surface area contributed by atoms with Crippen LogP contribution in [0.3, 0.4) is 0 Å². The summed E-state index contributed by atoms with van der Waals surface area (Å²) in [5.41, 5.74) is 1.37. The predicted molar refractivity (Wildman–Crippen MR) is 78.0 cm³/mol. The van der Waals surface area contributed by atoms with Crippen molar-refractivity contribution >= 4 is 11.6 Å². The largest absolute Gasteiger partial charge is 0.317 e. The smallest absolute Gasteiger partial charge is 0.0406 e. The highest BCUT2D eigenvalue weighted by molar-refractivity contribution is 6.30. The van der Waals surface area contributed by atoms with Crippen molar-refractivity contribution < 1.29 is 0 Å². The Labute approximate surface area is 115 Å². The molecule has 1 aliphatic rings. The summed E-state index contributed by atoms with van der Waals surface area (Å²) in [5, 5.41) is 4.26. The maximum absolute atomic E-state index is 5.94. The Bertz CT molecular complexity index is 344. The van der Waals surface area contributed by atoms with Gasteiger partial charge in [-0.25, -0.2) is 0 Å². The molecule has 0 saturated carbocycles. The van der Waals surface area contributed by atoms with Crippen LogP contribution in [0.1, 0.15) is 31.7 Å². The Morgan fingerprint density at radius 2 is 1.89 bits per heavy atom. The summed E-state index contributed by atoms with van der Waals surface area (Å²) < 4.78 is 0. The van der Waals surface area contributed by atoms with Gasteiger partial charge >= 0.3 is 0 Å². The fraction of sp³-hybridized carbons (Fsp3) is 0.600. The van der Waals surface area contributed by atoms with E-state index in [1.54, 1.807) is 0 Å². The molecule has 0 aromatic heterocycles. The summed E-state index contributed by atoms with van der Waals surface area (Å²) in [7, 11) is 0. The van der Waals surface area contributed by atoms with Crippen LogP contribution < -0.4 is 5.32 Å². The molecule has 2 rings (SSSR count). The third kappa shape index (κ3) is 3.98. The molecule has 100 valence electrons. The summed E-state index contributed by atoms with van der Waals surface area (Å²) in [6, 6.07) is 9.01. The van der Waals surface area contributed by atoms with Crippen molar-refractivity contribution in [3.05, 3.63) is 34.9 Å². The van der Waals surface area contributed by atoms with E-state index >= 15 is 0 Å². The van der Waals surface area contributed by atoms with Crippen molar-refractivity contribution in [1.29, 1.82) is 0 Å². The standard InChI is InChI=1S/C15H23ClN2/c1-2-11-18(15-7-9-17-10-8-15)12-13-3-5-14(16)6-4-13/h3-6,15,17H,2,7-12H2,1H3. The minimum Gasteiger partial charge on any atom is -0.317 e. The van der Waals surface area contributed by atoms with Crippen LogP contribution in [0.15, 0.2) is 24.3 Å². The Morgan fingerprint density at radius 3 is 2.50 bits per heavy atom. The van der Waals surface area contributed by atoms with Gasteiger partial charge < -0.3 is 5.32 Å². The molecular formula is C15H23ClN2. The van der Waals surface area contributed by atoms with E-state index in [1.165, 1.54) is 31.4 Å². The summed E-state index contributed by atoms with van der Waals surface area (Å²) in [6.45, 7) is 6.82. The summed E-state index contributed by atoms with van der Waals surface area (Å²) in [4.78, 5) is 2.63. The van der Waals surface area contributed by atoms with Gasteiger partial charge in [0.2, 0.25) is 0 Å². The molecule has 0 aliphatic carbocycles. The van der Waals surface area contributed by atoms with Gasteiger partial charge in [-0.3, -0.25) is 4.90 Å². The summed E-state index contributed by atoms with van der Waals surface area (Å²) in [6.07, 6.45) is 3.76. The lowest BCUT2D eigenvalue weighted by atomic mass is 10.0. The van der Waals surface area contributed by atoms with Gasteiger partial charge in [-0.15, -0.1) is 0 Å². The van der Waals surface area contributed by atoms with Crippen LogP contribution in [0.2, 0.25) is 5.02 Å². The molecule has 18 heavy (non-hydrogen) atoms. The van der Waals surface area contributed by atoms with Gasteiger partial charge in [0, 0.05) is 17.6 Å². The van der Waals surface area contributed by atoms with Crippen LogP contribution in [-0.2, 0) is 6.54 Å². The minimum atomic E-state index is 0.738. The second-order valence-electron chi connectivity index (χ2n) is 5.08. The third-order valence-corrected chi connectivity index (χ3v) is 3.89. The Hall–Kier alpha value is -0.570. The zero-order valence-corrected chi connectivity index (χ0v) is 11.9. The number of benzene rings is 1. The van der Waals surface area contributed by atoms with Crippen molar-refractivity contribution in [2.24, 2.45) is 0 Å². The van der Waals surface area contributed by atoms with Gasteiger partial charge in [0.25, 0.3) is 0 Å². The van der Waals surface area contributed by atoms with Crippen LogP contribution >= 0.6 is 11.6 Å². The molecule has 0 atom stereocenters. The molecule has 0 bridgehead atoms. The molecule has 1 aromatic carbocycles. The fourth-order valence-electron chi connectivity index (χ4n) is 2.67. The lowest BCUT2D eigenvalue weighted by Gasteiger charge is -2.34. The molecule has 0 spiro atoms. The van der Waals surface area contributed by atoms with Crippen LogP contribution in [0.25, 0.3) is 0 Å². The van der Waals surface area contributed by atoms with E-state index in [4.69, 9.17) is 11.6 Å². The monoisotopic (exact) mass is 266 g/mol. The van der Waals surface area contributed by atoms with Crippen molar-refractivity contribution in [1.82, 2.24) is 10.2 Å². The molecule has 3 heteroatoms. The Balaban J connectivity index is 1.98. The fourth-order valence-corrected chi connectivity index (χ4v) is 2.80. The maximum atomic E-state index is 5.94. The van der Waals surface area contributed by atoms with E-state index in [0.29, 0.717) is 0 Å². The van der Waals surface area contributed by atoms with Crippen LogP contribution in [0, 0.1) is 0 Å². The molecule has 0 amide bonds. The SMILES string of the molecule is CCCN(Cc1ccc(Cl)cc1)C1CCNCC1. The highest BCUT2D eigenvalue weighted by atomic mass is 35.5. The van der Waals surface area contributed by atoms with Gasteiger partial charge in [0.15, 0.2) is 0 Å². The molecule has 0 unspecified atom stereocenters. The molecular weight excluding hydrogens is 244 g/mol. The van der Waals surface area contributed by atoms with Gasteiger partial charge in [-0.2, -0.15) is 0 Å². The number of hydrogen-bond acceptors (Lipinski definition) is 2. The Kier molecular flexibility index (Phi) is 5.48. The van der Waals surface area contributed by atoms with E-state index in [-0.39, 0.29) is 0 Å². The molecule has 2 nitrogen and oxygen atoms in total. The molecule has 1 N–H and O–H groups in total. The van der Waals surface area contributed by atoms with Gasteiger partial charge in [0.1, 0.15) is 0 Å². The van der Waals surface area contributed by atoms with E-state index in [9.17, 15) is 0 Å². The predicted octanol–water partition coefficient (Wildman–Crippen LogP) is 3.30. The van der Waals surface area contributed by atoms with E-state index in [1.807, 2.05) is 12.1 Å². The molecule has 1 fully saturated rings. The maximum Gasteiger partial charge on any atom is 0.0406 e. The van der Waals surface area contributed by atoms with Crippen molar-refractivity contribution in [3.8, 4) is 0 Å². The van der Waals surface area contributed by atoms with Gasteiger partial charge in [0.05, 0.1) is 0 Å². The number of nitrogens with zero attached hydrogens (tertiary/aromatic N) is 1. The number of halogens is 1. The van der Waals surface area contributed by atoms with Gasteiger partial charge in [-0.1, -0.05) is 30.7 Å². The highest BCUT2D eigenvalue weighted by Gasteiger charge is 2.20. The number of nitrogens with one attached hydrogen (secondary N) is 1. The van der Waals surface area contributed by atoms with Crippen LogP contribution in [0.4, 0.5) is 0 Å². The quantitative estimate of drug-likeness (QED) is 0.880. The average Bonchev–Trinajstić information content (AvgIpc) is 2.42. The van der Waals surface area contributed by atoms with Gasteiger partial charge in [-0.05, 0) is 56.6 Å². The first-order valence-electron chi connectivity index (χ1n) is 6.99. The van der Waals surface area contributed by atoms with Crippen molar-refractivity contribution in [2.75, 3.05) is 19.6 Å². The molecule has 1 aromatic rings. The molecule has 1 heterocycles. The Morgan fingerprint density at radius 1 is 1.22 bits per heavy atom. The minimum absolute atomic E-state index is 0.738. The van der Waals surface area contributed by atoms with E-state index in [2.05, 4.69) is 29.3 Å². The summed E-state index contributed by atoms with van der Waals surface area (Å²) in [5.74, 6) is 0. The first-order chi connectivity index (χ1) is 8.79. The van der Waals surface area contributed by atoms with E-state index in [0.717, 1.165) is 30.7 Å². The third-order valence-electron chi connectivity index (χ3n) is 3.63. The molecule has 0 radical (unpaired) electrons.